The van der Waals surface area contributed by atoms with E-state index in [2.05, 4.69) is 14.8 Å². The second-order valence-electron chi connectivity index (χ2n) is 4.25. The molecule has 1 aromatic heterocycles. The molecule has 0 aliphatic carbocycles. The van der Waals surface area contributed by atoms with Crippen molar-refractivity contribution in [1.82, 2.24) is 5.16 Å². The molecule has 2 heterocycles. The van der Waals surface area contributed by atoms with Gasteiger partial charge in [0.1, 0.15) is 12.9 Å². The summed E-state index contributed by atoms with van der Waals surface area (Å²) in [5.41, 5.74) is 1.05. The maximum absolute atomic E-state index is 13.1. The summed E-state index contributed by atoms with van der Waals surface area (Å²) in [5.74, 6) is -1.44. The lowest BCUT2D eigenvalue weighted by Crippen LogP contribution is -2.18. The van der Waals surface area contributed by atoms with E-state index < -0.39 is 11.6 Å². The van der Waals surface area contributed by atoms with Gasteiger partial charge in [0.15, 0.2) is 17.7 Å². The fraction of sp³-hybridized carbons (Fsp3) is 0.231. The van der Waals surface area contributed by atoms with Gasteiger partial charge in [0.2, 0.25) is 0 Å². The van der Waals surface area contributed by atoms with Gasteiger partial charge in [-0.1, -0.05) is 5.16 Å². The summed E-state index contributed by atoms with van der Waals surface area (Å²) in [4.78, 5) is 5.18. The summed E-state index contributed by atoms with van der Waals surface area (Å²) in [6, 6.07) is 5.19. The quantitative estimate of drug-likeness (QED) is 0.863. The van der Waals surface area contributed by atoms with Crippen LogP contribution >= 0.6 is 0 Å². The Morgan fingerprint density at radius 3 is 2.90 bits per heavy atom. The SMILES string of the molecule is Fc1ccc(C2=NOC(COc3ccon3)C2)cc1F. The molecule has 20 heavy (non-hydrogen) atoms. The van der Waals surface area contributed by atoms with Crippen LogP contribution in [0.15, 0.2) is 40.2 Å². The molecule has 1 aliphatic rings. The molecule has 3 rings (SSSR count). The molecule has 0 fully saturated rings. The predicted molar refractivity (Wildman–Crippen MR) is 64.4 cm³/mol. The van der Waals surface area contributed by atoms with Gasteiger partial charge in [-0.05, 0) is 23.4 Å². The van der Waals surface area contributed by atoms with Crippen LogP contribution in [0, 0.1) is 11.6 Å². The largest absolute Gasteiger partial charge is 0.471 e. The van der Waals surface area contributed by atoms with Crippen molar-refractivity contribution in [3.63, 3.8) is 0 Å². The Morgan fingerprint density at radius 2 is 2.15 bits per heavy atom. The second kappa shape index (κ2) is 5.28. The second-order valence-corrected chi connectivity index (χ2v) is 4.25. The molecular formula is C13H10F2N2O3. The van der Waals surface area contributed by atoms with Crippen LogP contribution in [0.2, 0.25) is 0 Å². The molecule has 0 amide bonds. The third kappa shape index (κ3) is 2.61. The van der Waals surface area contributed by atoms with E-state index in [9.17, 15) is 8.78 Å². The first-order valence-electron chi connectivity index (χ1n) is 5.93. The average Bonchev–Trinajstić information content (AvgIpc) is 3.10. The topological polar surface area (TPSA) is 56.9 Å². The first-order chi connectivity index (χ1) is 9.72. The van der Waals surface area contributed by atoms with Crippen molar-refractivity contribution in [3.05, 3.63) is 47.7 Å². The fourth-order valence-corrected chi connectivity index (χ4v) is 1.82. The fourth-order valence-electron chi connectivity index (χ4n) is 1.82. The van der Waals surface area contributed by atoms with Crippen molar-refractivity contribution < 1.29 is 22.9 Å². The van der Waals surface area contributed by atoms with Crippen LogP contribution in [0.5, 0.6) is 5.88 Å². The highest BCUT2D eigenvalue weighted by atomic mass is 19.2. The summed E-state index contributed by atoms with van der Waals surface area (Å²) in [7, 11) is 0. The van der Waals surface area contributed by atoms with Gasteiger partial charge >= 0.3 is 0 Å². The average molecular weight is 280 g/mol. The van der Waals surface area contributed by atoms with E-state index in [4.69, 9.17) is 9.57 Å². The van der Waals surface area contributed by atoms with Gasteiger partial charge in [-0.15, -0.1) is 0 Å². The molecule has 0 saturated heterocycles. The molecule has 0 radical (unpaired) electrons. The molecule has 5 nitrogen and oxygen atoms in total. The number of rotatable bonds is 4. The van der Waals surface area contributed by atoms with E-state index in [1.807, 2.05) is 0 Å². The molecule has 2 aromatic rings. The minimum atomic E-state index is -0.910. The zero-order valence-corrected chi connectivity index (χ0v) is 10.3. The number of hydrogen-bond donors (Lipinski definition) is 0. The summed E-state index contributed by atoms with van der Waals surface area (Å²) in [5, 5.41) is 7.46. The Bertz CT molecular complexity index is 629. The highest BCUT2D eigenvalue weighted by Crippen LogP contribution is 2.19. The molecule has 7 heteroatoms. The highest BCUT2D eigenvalue weighted by Gasteiger charge is 2.23. The van der Waals surface area contributed by atoms with Gasteiger partial charge < -0.3 is 14.1 Å². The monoisotopic (exact) mass is 280 g/mol. The highest BCUT2D eigenvalue weighted by molar-refractivity contribution is 6.01. The maximum Gasteiger partial charge on any atom is 0.254 e. The predicted octanol–water partition coefficient (Wildman–Crippen LogP) is 2.52. The van der Waals surface area contributed by atoms with E-state index in [-0.39, 0.29) is 12.7 Å². The minimum absolute atomic E-state index is 0.239. The van der Waals surface area contributed by atoms with Gasteiger partial charge in [0.05, 0.1) is 5.71 Å². The van der Waals surface area contributed by atoms with Crippen LogP contribution in [0.4, 0.5) is 8.78 Å². The van der Waals surface area contributed by atoms with Gasteiger partial charge in [-0.2, -0.15) is 0 Å². The van der Waals surface area contributed by atoms with Crippen LogP contribution in [0.1, 0.15) is 12.0 Å². The van der Waals surface area contributed by atoms with Crippen LogP contribution < -0.4 is 4.74 Å². The van der Waals surface area contributed by atoms with Crippen LogP contribution in [0.25, 0.3) is 0 Å². The number of hydrogen-bond acceptors (Lipinski definition) is 5. The third-order valence-corrected chi connectivity index (χ3v) is 2.82. The first-order valence-corrected chi connectivity index (χ1v) is 5.93. The van der Waals surface area contributed by atoms with E-state index in [0.717, 1.165) is 12.1 Å². The number of ether oxygens (including phenoxy) is 1. The molecule has 1 aliphatic heterocycles. The van der Waals surface area contributed by atoms with Gasteiger partial charge in [0, 0.05) is 18.1 Å². The Labute approximate surface area is 112 Å². The van der Waals surface area contributed by atoms with Crippen molar-refractivity contribution >= 4 is 5.71 Å². The Hall–Kier alpha value is -2.44. The first kappa shape index (κ1) is 12.6. The number of halogens is 2. The molecule has 0 saturated carbocycles. The third-order valence-electron chi connectivity index (χ3n) is 2.82. The molecule has 104 valence electrons. The number of aromatic nitrogens is 1. The van der Waals surface area contributed by atoms with Gasteiger partial charge in [0.25, 0.3) is 5.88 Å². The Kier molecular flexibility index (Phi) is 3.32. The number of oxime groups is 1. The lowest BCUT2D eigenvalue weighted by atomic mass is 10.1. The Balaban J connectivity index is 1.59. The summed E-state index contributed by atoms with van der Waals surface area (Å²) < 4.78 is 36.0. The molecule has 0 spiro atoms. The zero-order valence-electron chi connectivity index (χ0n) is 10.3. The normalized spacial score (nSPS) is 17.7. The maximum atomic E-state index is 13.1. The summed E-state index contributed by atoms with van der Waals surface area (Å²) in [6.45, 7) is 0.239. The summed E-state index contributed by atoms with van der Waals surface area (Å²) >= 11 is 0. The molecule has 0 N–H and O–H groups in total. The van der Waals surface area contributed by atoms with E-state index in [0.29, 0.717) is 23.6 Å². The smallest absolute Gasteiger partial charge is 0.254 e. The van der Waals surface area contributed by atoms with Gasteiger partial charge in [-0.3, -0.25) is 0 Å². The molecule has 0 bridgehead atoms. The van der Waals surface area contributed by atoms with E-state index in [1.54, 1.807) is 6.07 Å². The van der Waals surface area contributed by atoms with Crippen molar-refractivity contribution in [2.75, 3.05) is 6.61 Å². The number of benzene rings is 1. The number of nitrogens with zero attached hydrogens (tertiary/aromatic N) is 2. The van der Waals surface area contributed by atoms with Gasteiger partial charge in [-0.25, -0.2) is 8.78 Å². The lowest BCUT2D eigenvalue weighted by molar-refractivity contribution is 0.0446. The van der Waals surface area contributed by atoms with Crippen molar-refractivity contribution in [3.8, 4) is 5.88 Å². The van der Waals surface area contributed by atoms with Crippen LogP contribution in [-0.2, 0) is 4.84 Å². The van der Waals surface area contributed by atoms with Crippen molar-refractivity contribution in [2.45, 2.75) is 12.5 Å². The summed E-state index contributed by atoms with van der Waals surface area (Å²) in [6.07, 6.45) is 1.55. The van der Waals surface area contributed by atoms with E-state index in [1.165, 1.54) is 12.3 Å². The molecule has 1 aromatic carbocycles. The standard InChI is InChI=1S/C13H10F2N2O3/c14-10-2-1-8(5-11(10)15)12-6-9(20-16-12)7-18-13-3-4-19-17-13/h1-5,9H,6-7H2. The lowest BCUT2D eigenvalue weighted by Gasteiger charge is -2.07. The molecule has 1 unspecified atom stereocenters. The van der Waals surface area contributed by atoms with E-state index >= 15 is 0 Å². The van der Waals surface area contributed by atoms with Crippen molar-refractivity contribution in [2.24, 2.45) is 5.16 Å². The van der Waals surface area contributed by atoms with Crippen LogP contribution in [-0.4, -0.2) is 23.6 Å². The minimum Gasteiger partial charge on any atom is -0.471 e. The van der Waals surface area contributed by atoms with Crippen molar-refractivity contribution in [1.29, 1.82) is 0 Å². The Morgan fingerprint density at radius 1 is 1.25 bits per heavy atom. The van der Waals surface area contributed by atoms with Crippen LogP contribution in [0.3, 0.4) is 0 Å². The zero-order chi connectivity index (χ0) is 13.9. The molecule has 1 atom stereocenters. The molecular weight excluding hydrogens is 270 g/mol.